The van der Waals surface area contributed by atoms with E-state index in [1.54, 1.807) is 0 Å². The summed E-state index contributed by atoms with van der Waals surface area (Å²) in [6, 6.07) is 0. The fraction of sp³-hybridized carbons (Fsp3) is 0.918. The van der Waals surface area contributed by atoms with Crippen LogP contribution in [0.4, 0.5) is 0 Å². The van der Waals surface area contributed by atoms with Gasteiger partial charge < -0.3 is 19.5 Å². The van der Waals surface area contributed by atoms with Gasteiger partial charge in [0.2, 0.25) is 0 Å². The van der Waals surface area contributed by atoms with Gasteiger partial charge in [0.1, 0.15) is 17.3 Å². The molecule has 0 aliphatic carbocycles. The molecule has 0 bridgehead atoms. The van der Waals surface area contributed by atoms with E-state index in [1.807, 2.05) is 18.9 Å². The fourth-order valence-corrected chi connectivity index (χ4v) is 10.2. The molecule has 0 spiro atoms. The Kier molecular flexibility index (Phi) is 95.5. The summed E-state index contributed by atoms with van der Waals surface area (Å²) in [6.07, 6.45) is 78.6. The second-order valence-electron chi connectivity index (χ2n) is 23.8. The Labute approximate surface area is 521 Å². The molecular weight excluding hydrogens is 1040 g/mol. The van der Waals surface area contributed by atoms with Crippen molar-refractivity contribution < 1.29 is 55.6 Å². The molecule has 0 aromatic heterocycles. The van der Waals surface area contributed by atoms with Crippen LogP contribution >= 0.6 is 0 Å². The van der Waals surface area contributed by atoms with Crippen molar-refractivity contribution in [3.8, 4) is 0 Å². The maximum absolute atomic E-state index is 11.8. The number of ketones is 3. The molecule has 0 heterocycles. The van der Waals surface area contributed by atoms with Gasteiger partial charge in [-0.25, -0.2) is 0 Å². The predicted octanol–water partition coefficient (Wildman–Crippen LogP) is 23.2. The summed E-state index contributed by atoms with van der Waals surface area (Å²) < 4.78 is 0. The van der Waals surface area contributed by atoms with Crippen molar-refractivity contribution in [3.05, 3.63) is 0 Å². The van der Waals surface area contributed by atoms with Crippen molar-refractivity contribution in [1.82, 2.24) is 0 Å². The third-order valence-electron chi connectivity index (χ3n) is 15.6. The van der Waals surface area contributed by atoms with E-state index in [-0.39, 0.29) is 21.7 Å². The molecule has 7 nitrogen and oxygen atoms in total. The Hall–Kier alpha value is -1.31. The minimum atomic E-state index is 0. The van der Waals surface area contributed by atoms with Crippen molar-refractivity contribution in [2.24, 2.45) is 0 Å². The van der Waals surface area contributed by atoms with Crippen LogP contribution in [0.3, 0.4) is 0 Å². The zero-order valence-corrected chi connectivity index (χ0v) is 56.5. The molecule has 1 N–H and O–H groups in total. The Morgan fingerprint density at radius 3 is 0.481 bits per heavy atom. The first-order valence-electron chi connectivity index (χ1n) is 35.6. The van der Waals surface area contributed by atoms with Crippen molar-refractivity contribution in [3.63, 3.8) is 0 Å². The Morgan fingerprint density at radius 2 is 0.358 bits per heavy atom. The van der Waals surface area contributed by atoms with Gasteiger partial charge in [0.25, 0.3) is 0 Å². The molecule has 0 saturated heterocycles. The normalized spacial score (nSPS) is 10.6. The standard InChI is InChI=1S/3C23H43O2.C4H10O.Ti/c3*1-2-3-4-5-11-14-17-20-23(25)21-18-15-12-9-7-6-8-10-13-16-19-22-24;1-2-3-4-5;/h3*2-21H2,1H3;5H,2-4H2,1H3;/q3*-1;;+3. The summed E-state index contributed by atoms with van der Waals surface area (Å²) in [6.45, 7) is 9.14. The largest absolute Gasteiger partial charge is 3.00 e. The number of carbonyl (C=O) groups is 3. The van der Waals surface area contributed by atoms with Gasteiger partial charge in [-0.1, -0.05) is 323 Å². The molecule has 0 aliphatic rings. The summed E-state index contributed by atoms with van der Waals surface area (Å²) in [7, 11) is 0. The number of hydrogen-bond acceptors (Lipinski definition) is 7. The summed E-state index contributed by atoms with van der Waals surface area (Å²) >= 11 is 0. The monoisotopic (exact) mass is 1180 g/mol. The van der Waals surface area contributed by atoms with Crippen LogP contribution < -0.4 is 0 Å². The van der Waals surface area contributed by atoms with Crippen molar-refractivity contribution in [2.45, 2.75) is 426 Å². The summed E-state index contributed by atoms with van der Waals surface area (Å²) in [4.78, 5) is 65.7. The summed E-state index contributed by atoms with van der Waals surface area (Å²) in [5, 5.41) is 8.07. The molecule has 0 aromatic carbocycles. The molecule has 477 valence electrons. The van der Waals surface area contributed by atoms with Crippen LogP contribution in [0.15, 0.2) is 0 Å². The Bertz CT molecular complexity index is 1050. The minimum Gasteiger partial charge on any atom is -0.542 e. The average Bonchev–Trinajstić information content (AvgIpc) is 3.46. The first-order chi connectivity index (χ1) is 39.3. The minimum absolute atomic E-state index is 0. The van der Waals surface area contributed by atoms with Crippen LogP contribution in [0.1, 0.15) is 426 Å². The van der Waals surface area contributed by atoms with Crippen LogP contribution in [0.2, 0.25) is 0 Å². The average molecular weight is 1180 g/mol. The summed E-state index contributed by atoms with van der Waals surface area (Å²) in [5.74, 6) is 1.46. The second-order valence-corrected chi connectivity index (χ2v) is 23.8. The number of Topliss-reactive ketones (excluding diaryl/α,β-unsaturated/α-hetero) is 3. The molecule has 0 atom stereocenters. The third-order valence-corrected chi connectivity index (χ3v) is 15.6. The molecule has 0 unspecified atom stereocenters. The maximum Gasteiger partial charge on any atom is 3.00 e. The Morgan fingerprint density at radius 1 is 0.222 bits per heavy atom. The molecule has 0 amide bonds. The van der Waals surface area contributed by atoms with Gasteiger partial charge in [0, 0.05) is 45.1 Å². The van der Waals surface area contributed by atoms with E-state index in [0.717, 1.165) is 109 Å². The van der Waals surface area contributed by atoms with Gasteiger partial charge in [-0.15, -0.1) is 0 Å². The fourth-order valence-electron chi connectivity index (χ4n) is 10.2. The molecule has 81 heavy (non-hydrogen) atoms. The third kappa shape index (κ3) is 95.3. The number of hydrogen-bond donors (Lipinski definition) is 1. The smallest absolute Gasteiger partial charge is 0.542 e. The van der Waals surface area contributed by atoms with Crippen LogP contribution in [-0.2, 0) is 50.5 Å². The SMILES string of the molecule is CCCCCCCCCC(=O)CCCCCCCCCCCC[C-]=O.CCCCCCCCCC(=O)CCCCCCCCCCCC[C-]=O.CCCCCCCCCC(=O)CCCCCCCCCCCC[C-]=O.CCCCO.[Ti+3]. The number of aliphatic hydroxyl groups excluding tert-OH is 1. The van der Waals surface area contributed by atoms with Gasteiger partial charge in [-0.3, -0.25) is 33.2 Å². The van der Waals surface area contributed by atoms with Gasteiger partial charge in [0.05, 0.1) is 0 Å². The molecule has 0 aliphatic heterocycles. The molecule has 0 rings (SSSR count). The zero-order chi connectivity index (χ0) is 59.4. The van der Waals surface area contributed by atoms with E-state index in [4.69, 9.17) is 5.11 Å². The van der Waals surface area contributed by atoms with Crippen LogP contribution in [0, 0.1) is 0 Å². The van der Waals surface area contributed by atoms with Gasteiger partial charge in [-0.05, 0) is 44.9 Å². The molecule has 0 fully saturated rings. The number of unbranched alkanes of at least 4 members (excludes halogenated alkanes) is 49. The van der Waals surface area contributed by atoms with Gasteiger partial charge in [-0.2, -0.15) is 19.3 Å². The number of rotatable bonds is 65. The van der Waals surface area contributed by atoms with Crippen molar-refractivity contribution in [1.29, 1.82) is 0 Å². The molecule has 1 radical (unpaired) electrons. The van der Waals surface area contributed by atoms with Gasteiger partial charge >= 0.3 is 21.7 Å². The number of carbonyl (C=O) groups excluding carboxylic acids is 6. The number of aliphatic hydroxyl groups is 1. The van der Waals surface area contributed by atoms with E-state index < -0.39 is 0 Å². The first kappa shape index (κ1) is 88.5. The quantitative estimate of drug-likeness (QED) is 0.0365. The van der Waals surface area contributed by atoms with E-state index in [0.29, 0.717) is 43.2 Å². The molecule has 8 heteroatoms. The van der Waals surface area contributed by atoms with Crippen molar-refractivity contribution in [2.75, 3.05) is 6.61 Å². The van der Waals surface area contributed by atoms with Crippen LogP contribution in [0.25, 0.3) is 0 Å². The van der Waals surface area contributed by atoms with E-state index in [1.165, 1.54) is 270 Å². The molecular formula is C73H139O7Ti. The van der Waals surface area contributed by atoms with Crippen LogP contribution in [0.5, 0.6) is 0 Å². The topological polar surface area (TPSA) is 123 Å². The predicted molar refractivity (Wildman–Crippen MR) is 348 cm³/mol. The van der Waals surface area contributed by atoms with E-state index in [9.17, 15) is 28.8 Å². The first-order valence-corrected chi connectivity index (χ1v) is 35.6. The maximum atomic E-state index is 11.8. The second kappa shape index (κ2) is 87.5. The Balaban J connectivity index is -0.000000339. The van der Waals surface area contributed by atoms with E-state index in [2.05, 4.69) is 27.7 Å². The van der Waals surface area contributed by atoms with E-state index >= 15 is 0 Å². The summed E-state index contributed by atoms with van der Waals surface area (Å²) in [5.41, 5.74) is 0. The van der Waals surface area contributed by atoms with Gasteiger partial charge in [0.15, 0.2) is 0 Å². The van der Waals surface area contributed by atoms with Crippen molar-refractivity contribution >= 4 is 36.2 Å². The zero-order valence-electron chi connectivity index (χ0n) is 54.9. The molecule has 0 aromatic rings. The molecule has 0 saturated carbocycles. The van der Waals surface area contributed by atoms with Crippen LogP contribution in [-0.4, -0.2) is 47.9 Å².